The van der Waals surface area contributed by atoms with Crippen molar-refractivity contribution in [3.63, 3.8) is 0 Å². The summed E-state index contributed by atoms with van der Waals surface area (Å²) in [6, 6.07) is 5.04. The summed E-state index contributed by atoms with van der Waals surface area (Å²) in [5.74, 6) is 0.737. The predicted molar refractivity (Wildman–Crippen MR) is 99.5 cm³/mol. The van der Waals surface area contributed by atoms with Gasteiger partial charge in [-0.05, 0) is 76.6 Å². The predicted octanol–water partition coefficient (Wildman–Crippen LogP) is 4.00. The number of rotatable bonds is 4. The van der Waals surface area contributed by atoms with Gasteiger partial charge in [-0.3, -0.25) is 4.79 Å². The fraction of sp³-hybridized carbons (Fsp3) is 0.667. The van der Waals surface area contributed by atoms with Crippen molar-refractivity contribution in [1.82, 2.24) is 10.2 Å². The summed E-state index contributed by atoms with van der Waals surface area (Å²) in [5.41, 5.74) is 4.26. The molecule has 0 aromatic heterocycles. The van der Waals surface area contributed by atoms with Gasteiger partial charge < -0.3 is 10.2 Å². The second-order valence-electron chi connectivity index (χ2n) is 7.90. The molecule has 1 aliphatic heterocycles. The molecular formula is C21H32N2O. The van der Waals surface area contributed by atoms with Crippen molar-refractivity contribution in [2.45, 2.75) is 65.3 Å². The molecule has 1 saturated carbocycles. The molecule has 1 amide bonds. The summed E-state index contributed by atoms with van der Waals surface area (Å²) < 4.78 is 0. The Morgan fingerprint density at radius 3 is 2.21 bits per heavy atom. The number of hydrogen-bond donors (Lipinski definition) is 1. The average molecular weight is 329 g/mol. The number of nitrogens with one attached hydrogen (secondary N) is 1. The van der Waals surface area contributed by atoms with Crippen LogP contribution in [0.1, 0.15) is 65.6 Å². The van der Waals surface area contributed by atoms with Crippen LogP contribution in [-0.4, -0.2) is 36.5 Å². The van der Waals surface area contributed by atoms with Crippen LogP contribution in [0.2, 0.25) is 0 Å². The highest BCUT2D eigenvalue weighted by atomic mass is 16.1. The highest BCUT2D eigenvalue weighted by Crippen LogP contribution is 2.27. The van der Waals surface area contributed by atoms with Crippen molar-refractivity contribution in [3.05, 3.63) is 34.4 Å². The minimum atomic E-state index is 0.100. The first-order valence-electron chi connectivity index (χ1n) is 9.64. The number of carbonyl (C=O) groups is 1. The molecule has 3 heteroatoms. The van der Waals surface area contributed by atoms with Gasteiger partial charge in [-0.25, -0.2) is 0 Å². The zero-order chi connectivity index (χ0) is 17.1. The van der Waals surface area contributed by atoms with E-state index in [-0.39, 0.29) is 5.91 Å². The number of nitrogens with zero attached hydrogens (tertiary/aromatic N) is 1. The molecule has 0 bridgehead atoms. The Hall–Kier alpha value is -1.35. The van der Waals surface area contributed by atoms with Gasteiger partial charge in [0.05, 0.1) is 0 Å². The molecule has 24 heavy (non-hydrogen) atoms. The van der Waals surface area contributed by atoms with Crippen molar-refractivity contribution in [2.75, 3.05) is 19.6 Å². The molecule has 132 valence electrons. The van der Waals surface area contributed by atoms with Gasteiger partial charge in [0.25, 0.3) is 5.91 Å². The van der Waals surface area contributed by atoms with Crippen LogP contribution in [0.5, 0.6) is 0 Å². The molecular weight excluding hydrogens is 296 g/mol. The zero-order valence-electron chi connectivity index (χ0n) is 15.5. The number of likely N-dealkylation sites (tertiary alicyclic amines) is 1. The van der Waals surface area contributed by atoms with Crippen molar-refractivity contribution in [3.8, 4) is 0 Å². The molecule has 1 aromatic rings. The van der Waals surface area contributed by atoms with Crippen molar-refractivity contribution in [2.24, 2.45) is 5.92 Å². The maximum absolute atomic E-state index is 12.6. The Morgan fingerprint density at radius 1 is 1.04 bits per heavy atom. The molecule has 1 heterocycles. The van der Waals surface area contributed by atoms with Gasteiger partial charge in [-0.2, -0.15) is 0 Å². The van der Waals surface area contributed by atoms with Gasteiger partial charge in [0.1, 0.15) is 0 Å². The van der Waals surface area contributed by atoms with Crippen molar-refractivity contribution >= 4 is 5.91 Å². The first kappa shape index (κ1) is 17.5. The number of hydrogen-bond acceptors (Lipinski definition) is 2. The normalized spacial score (nSPS) is 20.5. The van der Waals surface area contributed by atoms with Gasteiger partial charge in [-0.1, -0.05) is 30.5 Å². The standard InChI is InChI=1S/C21H32N2O/c1-15-12-16(2)20(17(3)13-15)21(24)22-14-18-8-10-23(11-9-18)19-6-4-5-7-19/h12-13,18-19H,4-11,14H2,1-3H3,(H,22,24). The third-order valence-corrected chi connectivity index (χ3v) is 5.95. The van der Waals surface area contributed by atoms with Gasteiger partial charge >= 0.3 is 0 Å². The first-order chi connectivity index (χ1) is 11.5. The second kappa shape index (κ2) is 7.69. The number of aryl methyl sites for hydroxylation is 3. The van der Waals surface area contributed by atoms with Gasteiger partial charge in [0.15, 0.2) is 0 Å². The Bertz CT molecular complexity index is 558. The monoisotopic (exact) mass is 328 g/mol. The molecule has 2 fully saturated rings. The molecule has 1 aromatic carbocycles. The average Bonchev–Trinajstić information content (AvgIpc) is 3.07. The largest absolute Gasteiger partial charge is 0.352 e. The molecule has 0 radical (unpaired) electrons. The van der Waals surface area contributed by atoms with Crippen LogP contribution in [0.4, 0.5) is 0 Å². The zero-order valence-corrected chi connectivity index (χ0v) is 15.5. The molecule has 1 saturated heterocycles. The van der Waals surface area contributed by atoms with Crippen LogP contribution in [0.3, 0.4) is 0 Å². The van der Waals surface area contributed by atoms with Crippen LogP contribution in [0.25, 0.3) is 0 Å². The van der Waals surface area contributed by atoms with Gasteiger partial charge in [0.2, 0.25) is 0 Å². The highest BCUT2D eigenvalue weighted by molar-refractivity contribution is 5.97. The molecule has 3 rings (SSSR count). The van der Waals surface area contributed by atoms with Crippen molar-refractivity contribution < 1.29 is 4.79 Å². The van der Waals surface area contributed by atoms with Gasteiger partial charge in [-0.15, -0.1) is 0 Å². The number of amides is 1. The Kier molecular flexibility index (Phi) is 5.60. The minimum absolute atomic E-state index is 0.100. The Labute approximate surface area is 146 Å². The van der Waals surface area contributed by atoms with Crippen LogP contribution < -0.4 is 5.32 Å². The fourth-order valence-electron chi connectivity index (χ4n) is 4.66. The lowest BCUT2D eigenvalue weighted by Crippen LogP contribution is -2.42. The lowest BCUT2D eigenvalue weighted by Gasteiger charge is -2.36. The molecule has 0 atom stereocenters. The third kappa shape index (κ3) is 4.00. The molecule has 1 aliphatic carbocycles. The van der Waals surface area contributed by atoms with E-state index in [4.69, 9.17) is 0 Å². The van der Waals surface area contributed by atoms with Crippen LogP contribution in [0.15, 0.2) is 12.1 Å². The summed E-state index contributed by atoms with van der Waals surface area (Å²) >= 11 is 0. The van der Waals surface area contributed by atoms with E-state index in [9.17, 15) is 4.79 Å². The number of piperidine rings is 1. The van der Waals surface area contributed by atoms with E-state index in [1.54, 1.807) is 0 Å². The van der Waals surface area contributed by atoms with Crippen LogP contribution in [0, 0.1) is 26.7 Å². The summed E-state index contributed by atoms with van der Waals surface area (Å²) in [4.78, 5) is 15.3. The molecule has 0 unspecified atom stereocenters. The van der Waals surface area contributed by atoms with E-state index < -0.39 is 0 Å². The summed E-state index contributed by atoms with van der Waals surface area (Å²) in [6.45, 7) is 9.41. The number of carbonyl (C=O) groups excluding carboxylic acids is 1. The minimum Gasteiger partial charge on any atom is -0.352 e. The molecule has 0 spiro atoms. The lowest BCUT2D eigenvalue weighted by molar-refractivity contribution is 0.0923. The fourth-order valence-corrected chi connectivity index (χ4v) is 4.66. The van der Waals surface area contributed by atoms with E-state index >= 15 is 0 Å². The van der Waals surface area contributed by atoms with E-state index in [0.29, 0.717) is 5.92 Å². The van der Waals surface area contributed by atoms with Crippen molar-refractivity contribution in [1.29, 1.82) is 0 Å². The quantitative estimate of drug-likeness (QED) is 0.906. The molecule has 3 nitrogen and oxygen atoms in total. The van der Waals surface area contributed by atoms with Crippen LogP contribution in [-0.2, 0) is 0 Å². The summed E-state index contributed by atoms with van der Waals surface area (Å²) in [6.07, 6.45) is 8.07. The Balaban J connectivity index is 1.49. The maximum Gasteiger partial charge on any atom is 0.251 e. The second-order valence-corrected chi connectivity index (χ2v) is 7.90. The molecule has 1 N–H and O–H groups in total. The topological polar surface area (TPSA) is 32.3 Å². The summed E-state index contributed by atoms with van der Waals surface area (Å²) in [7, 11) is 0. The van der Waals surface area contributed by atoms with Crippen LogP contribution >= 0.6 is 0 Å². The lowest BCUT2D eigenvalue weighted by atomic mass is 9.94. The smallest absolute Gasteiger partial charge is 0.251 e. The van der Waals surface area contributed by atoms with Gasteiger partial charge in [0, 0.05) is 18.2 Å². The Morgan fingerprint density at radius 2 is 1.62 bits per heavy atom. The third-order valence-electron chi connectivity index (χ3n) is 5.95. The first-order valence-corrected chi connectivity index (χ1v) is 9.64. The van der Waals surface area contributed by atoms with E-state index in [1.807, 2.05) is 13.8 Å². The van der Waals surface area contributed by atoms with E-state index in [2.05, 4.69) is 29.3 Å². The number of benzene rings is 1. The highest BCUT2D eigenvalue weighted by Gasteiger charge is 2.27. The molecule has 2 aliphatic rings. The SMILES string of the molecule is Cc1cc(C)c(C(=O)NCC2CCN(C3CCCC3)CC2)c(C)c1. The van der Waals surface area contributed by atoms with E-state index in [0.717, 1.165) is 29.3 Å². The summed E-state index contributed by atoms with van der Waals surface area (Å²) in [5, 5.41) is 3.20. The maximum atomic E-state index is 12.6. The van der Waals surface area contributed by atoms with E-state index in [1.165, 1.54) is 57.2 Å².